The lowest BCUT2D eigenvalue weighted by atomic mass is 9.98. The third-order valence-corrected chi connectivity index (χ3v) is 5.24. The van der Waals surface area contributed by atoms with Crippen LogP contribution in [-0.4, -0.2) is 19.2 Å². The molecule has 3 N–H and O–H groups in total. The molecule has 4 nitrogen and oxygen atoms in total. The van der Waals surface area contributed by atoms with Gasteiger partial charge >= 0.3 is 12.3 Å². The summed E-state index contributed by atoms with van der Waals surface area (Å²) in [7, 11) is 0. The molecule has 0 bridgehead atoms. The molecule has 0 atom stereocenters. The number of nitrogens with one attached hydrogen (secondary N) is 1. The second-order valence-electron chi connectivity index (χ2n) is 7.28. The van der Waals surface area contributed by atoms with Gasteiger partial charge in [0.25, 0.3) is 0 Å². The van der Waals surface area contributed by atoms with E-state index >= 15 is 0 Å². The lowest BCUT2D eigenvalue weighted by Gasteiger charge is -2.14. The number of anilines is 1. The summed E-state index contributed by atoms with van der Waals surface area (Å²) < 4.78 is 44.6. The van der Waals surface area contributed by atoms with Crippen molar-refractivity contribution in [1.82, 2.24) is 5.32 Å². The molecule has 3 aromatic rings. The van der Waals surface area contributed by atoms with Crippen molar-refractivity contribution in [2.75, 3.05) is 18.9 Å². The summed E-state index contributed by atoms with van der Waals surface area (Å²) in [6.45, 7) is -0.0243. The Hall–Kier alpha value is -3.92. The number of hydrogen-bond acceptors (Lipinski definition) is 3. The van der Waals surface area contributed by atoms with Crippen LogP contribution < -0.4 is 11.1 Å². The first-order valence-electron chi connectivity index (χ1n) is 9.89. The number of nitrogens with two attached hydrogens (primary N) is 1. The van der Waals surface area contributed by atoms with Gasteiger partial charge in [-0.05, 0) is 40.5 Å². The largest absolute Gasteiger partial charge is 0.449 e. The van der Waals surface area contributed by atoms with Gasteiger partial charge in [-0.3, -0.25) is 0 Å². The molecule has 1 amide bonds. The quantitative estimate of drug-likeness (QED) is 0.439. The summed E-state index contributed by atoms with van der Waals surface area (Å²) in [6.07, 6.45) is -5.23. The fourth-order valence-corrected chi connectivity index (χ4v) is 3.82. The first-order chi connectivity index (χ1) is 15.3. The lowest BCUT2D eigenvalue weighted by Crippen LogP contribution is -2.26. The molecule has 1 aliphatic rings. The molecular formula is C25H19F3N2O2. The third kappa shape index (κ3) is 4.40. The monoisotopic (exact) mass is 436 g/mol. The van der Waals surface area contributed by atoms with Crippen LogP contribution in [0.15, 0.2) is 66.7 Å². The van der Waals surface area contributed by atoms with E-state index in [9.17, 15) is 18.0 Å². The van der Waals surface area contributed by atoms with Crippen molar-refractivity contribution >= 4 is 11.8 Å². The van der Waals surface area contributed by atoms with Crippen LogP contribution in [0.2, 0.25) is 0 Å². The Morgan fingerprint density at radius 2 is 1.62 bits per heavy atom. The predicted octanol–water partition coefficient (Wildman–Crippen LogP) is 5.18. The molecule has 0 saturated carbocycles. The summed E-state index contributed by atoms with van der Waals surface area (Å²) in [6, 6.07) is 19.1. The Balaban J connectivity index is 1.38. The number of amides is 1. The van der Waals surface area contributed by atoms with E-state index in [0.717, 1.165) is 34.4 Å². The summed E-state index contributed by atoms with van der Waals surface area (Å²) in [4.78, 5) is 12.1. The first kappa shape index (κ1) is 21.3. The van der Waals surface area contributed by atoms with Gasteiger partial charge in [0.05, 0.1) is 12.1 Å². The number of carbonyl (C=O) groups is 1. The molecule has 0 aromatic heterocycles. The zero-order valence-electron chi connectivity index (χ0n) is 16.9. The number of benzene rings is 3. The van der Waals surface area contributed by atoms with Gasteiger partial charge in [0.1, 0.15) is 6.61 Å². The molecule has 32 heavy (non-hydrogen) atoms. The highest BCUT2D eigenvalue weighted by Crippen LogP contribution is 2.44. The van der Waals surface area contributed by atoms with E-state index in [4.69, 9.17) is 10.5 Å². The fourth-order valence-electron chi connectivity index (χ4n) is 3.82. The molecule has 162 valence electrons. The summed E-state index contributed by atoms with van der Waals surface area (Å²) in [5.74, 6) is 4.85. The second kappa shape index (κ2) is 8.67. The molecule has 7 heteroatoms. The van der Waals surface area contributed by atoms with E-state index in [1.165, 1.54) is 6.07 Å². The number of nitrogen functional groups attached to an aromatic ring is 1. The van der Waals surface area contributed by atoms with Crippen molar-refractivity contribution in [2.24, 2.45) is 0 Å². The zero-order chi connectivity index (χ0) is 22.7. The molecule has 0 aliphatic heterocycles. The van der Waals surface area contributed by atoms with Crippen LogP contribution in [0, 0.1) is 11.8 Å². The first-order valence-corrected chi connectivity index (χ1v) is 9.89. The van der Waals surface area contributed by atoms with E-state index in [0.29, 0.717) is 0 Å². The standard InChI is InChI=1S/C25H19F3N2O2/c26-25(27,28)23-12-11-17(29)14-16(23)6-5-13-30-24(31)32-15-22-20-9-3-1-7-18(20)19-8-2-4-10-21(19)22/h1-4,7-12,14,22H,13,15,29H2,(H,30,31). The number of carbonyl (C=O) groups excluding carboxylic acids is 1. The predicted molar refractivity (Wildman–Crippen MR) is 116 cm³/mol. The highest BCUT2D eigenvalue weighted by molar-refractivity contribution is 5.79. The van der Waals surface area contributed by atoms with Crippen LogP contribution in [0.3, 0.4) is 0 Å². The van der Waals surface area contributed by atoms with E-state index in [-0.39, 0.29) is 30.3 Å². The van der Waals surface area contributed by atoms with Crippen molar-refractivity contribution < 1.29 is 22.7 Å². The number of hydrogen-bond donors (Lipinski definition) is 2. The van der Waals surface area contributed by atoms with Crippen molar-refractivity contribution in [3.63, 3.8) is 0 Å². The van der Waals surface area contributed by atoms with Crippen LogP contribution in [0.1, 0.15) is 28.2 Å². The Morgan fingerprint density at radius 1 is 1.00 bits per heavy atom. The zero-order valence-corrected chi connectivity index (χ0v) is 16.9. The van der Waals surface area contributed by atoms with Gasteiger partial charge in [0.15, 0.2) is 0 Å². The molecule has 0 spiro atoms. The minimum absolute atomic E-state index is 0.0825. The maximum absolute atomic E-state index is 13.1. The molecule has 0 fully saturated rings. The SMILES string of the molecule is Nc1ccc(C(F)(F)F)c(C#CCNC(=O)OCC2c3ccccc3-c3ccccc32)c1. The van der Waals surface area contributed by atoms with E-state index in [2.05, 4.69) is 17.2 Å². The third-order valence-electron chi connectivity index (χ3n) is 5.24. The minimum atomic E-state index is -4.54. The maximum Gasteiger partial charge on any atom is 0.417 e. The average Bonchev–Trinajstić information content (AvgIpc) is 3.08. The smallest absolute Gasteiger partial charge is 0.417 e. The molecule has 4 rings (SSSR count). The highest BCUT2D eigenvalue weighted by atomic mass is 19.4. The molecule has 0 heterocycles. The van der Waals surface area contributed by atoms with E-state index < -0.39 is 17.8 Å². The van der Waals surface area contributed by atoms with Crippen molar-refractivity contribution in [3.05, 3.63) is 89.0 Å². The van der Waals surface area contributed by atoms with Gasteiger partial charge in [-0.1, -0.05) is 60.4 Å². The lowest BCUT2D eigenvalue weighted by molar-refractivity contribution is -0.137. The molecule has 1 aliphatic carbocycles. The van der Waals surface area contributed by atoms with Crippen LogP contribution >= 0.6 is 0 Å². The molecular weight excluding hydrogens is 417 g/mol. The van der Waals surface area contributed by atoms with Gasteiger partial charge < -0.3 is 15.8 Å². The van der Waals surface area contributed by atoms with Crippen LogP contribution in [0.4, 0.5) is 23.7 Å². The van der Waals surface area contributed by atoms with Crippen LogP contribution in [0.5, 0.6) is 0 Å². The van der Waals surface area contributed by atoms with Gasteiger partial charge in [0, 0.05) is 17.2 Å². The van der Waals surface area contributed by atoms with Crippen LogP contribution in [-0.2, 0) is 10.9 Å². The fraction of sp³-hybridized carbons (Fsp3) is 0.160. The maximum atomic E-state index is 13.1. The number of alkyl carbamates (subject to hydrolysis) is 1. The summed E-state index contributed by atoms with van der Waals surface area (Å²) >= 11 is 0. The Labute approximate surface area is 183 Å². The normalized spacial score (nSPS) is 12.3. The summed E-state index contributed by atoms with van der Waals surface area (Å²) in [5.41, 5.74) is 9.02. The number of alkyl halides is 3. The number of ether oxygens (including phenoxy) is 1. The number of rotatable bonds is 3. The molecule has 3 aromatic carbocycles. The Bertz CT molecular complexity index is 1180. The number of fused-ring (bicyclic) bond motifs is 3. The summed E-state index contributed by atoms with van der Waals surface area (Å²) in [5, 5.41) is 2.45. The molecule has 0 unspecified atom stereocenters. The Morgan fingerprint density at radius 3 is 2.25 bits per heavy atom. The van der Waals surface area contributed by atoms with Crippen LogP contribution in [0.25, 0.3) is 11.1 Å². The van der Waals surface area contributed by atoms with E-state index in [1.54, 1.807) is 0 Å². The van der Waals surface area contributed by atoms with Gasteiger partial charge in [0.2, 0.25) is 0 Å². The second-order valence-corrected chi connectivity index (χ2v) is 7.28. The average molecular weight is 436 g/mol. The van der Waals surface area contributed by atoms with Crippen molar-refractivity contribution in [2.45, 2.75) is 12.1 Å². The number of halogens is 3. The Kier molecular flexibility index (Phi) is 5.78. The highest BCUT2D eigenvalue weighted by Gasteiger charge is 2.33. The van der Waals surface area contributed by atoms with Gasteiger partial charge in [-0.25, -0.2) is 4.79 Å². The van der Waals surface area contributed by atoms with E-state index in [1.807, 2.05) is 48.5 Å². The molecule has 0 saturated heterocycles. The van der Waals surface area contributed by atoms with Crippen molar-refractivity contribution in [1.29, 1.82) is 0 Å². The van der Waals surface area contributed by atoms with Gasteiger partial charge in [-0.15, -0.1) is 0 Å². The van der Waals surface area contributed by atoms with Gasteiger partial charge in [-0.2, -0.15) is 13.2 Å². The minimum Gasteiger partial charge on any atom is -0.449 e. The van der Waals surface area contributed by atoms with Crippen molar-refractivity contribution in [3.8, 4) is 23.0 Å². The topological polar surface area (TPSA) is 64.3 Å². The molecule has 0 radical (unpaired) electrons.